The molecule has 2 aliphatic rings. The first kappa shape index (κ1) is 16.5. The summed E-state index contributed by atoms with van der Waals surface area (Å²) >= 11 is 5.42. The van der Waals surface area contributed by atoms with Crippen molar-refractivity contribution in [2.24, 2.45) is 11.8 Å². The minimum Gasteiger partial charge on any atom is -0.359 e. The van der Waals surface area contributed by atoms with Gasteiger partial charge in [0.15, 0.2) is 5.11 Å². The Kier molecular flexibility index (Phi) is 4.51. The van der Waals surface area contributed by atoms with Crippen molar-refractivity contribution in [1.29, 1.82) is 0 Å². The predicted octanol–water partition coefficient (Wildman–Crippen LogP) is 2.56. The minimum absolute atomic E-state index is 0.482. The van der Waals surface area contributed by atoms with Crippen LogP contribution in [0.3, 0.4) is 0 Å². The smallest absolute Gasteiger partial charge is 0.231 e. The lowest BCUT2D eigenvalue weighted by atomic mass is 9.96. The minimum atomic E-state index is -3.27. The summed E-state index contributed by atoms with van der Waals surface area (Å²) in [6, 6.07) is 7.73. The van der Waals surface area contributed by atoms with Crippen LogP contribution < -0.4 is 14.9 Å². The summed E-state index contributed by atoms with van der Waals surface area (Å²) in [6.07, 6.45) is 6.40. The van der Waals surface area contributed by atoms with Gasteiger partial charge in [-0.25, -0.2) is 8.42 Å². The summed E-state index contributed by atoms with van der Waals surface area (Å²) in [5, 5.41) is 7.21. The molecule has 0 spiro atoms. The number of benzene rings is 1. The summed E-state index contributed by atoms with van der Waals surface area (Å²) in [4.78, 5) is 0. The predicted molar refractivity (Wildman–Crippen MR) is 98.3 cm³/mol. The first-order valence-corrected chi connectivity index (χ1v) is 10.2. The molecule has 3 rings (SSSR count). The van der Waals surface area contributed by atoms with Crippen molar-refractivity contribution in [2.75, 3.05) is 22.9 Å². The molecule has 0 aliphatic heterocycles. The molecule has 23 heavy (non-hydrogen) atoms. The van der Waals surface area contributed by atoms with Gasteiger partial charge in [-0.2, -0.15) is 0 Å². The number of hydrogen-bond acceptors (Lipinski definition) is 3. The Balaban J connectivity index is 1.62. The summed E-state index contributed by atoms with van der Waals surface area (Å²) < 4.78 is 24.5. The van der Waals surface area contributed by atoms with Gasteiger partial charge in [0.05, 0.1) is 11.9 Å². The van der Waals surface area contributed by atoms with Gasteiger partial charge < -0.3 is 10.6 Å². The summed E-state index contributed by atoms with van der Waals surface area (Å²) in [7, 11) is -1.73. The molecule has 2 aliphatic carbocycles. The fourth-order valence-corrected chi connectivity index (χ4v) is 4.49. The second-order valence-electron chi connectivity index (χ2n) is 6.66. The molecule has 2 N–H and O–H groups in total. The van der Waals surface area contributed by atoms with E-state index in [1.165, 1.54) is 36.2 Å². The second kappa shape index (κ2) is 6.28. The molecule has 0 radical (unpaired) electrons. The zero-order chi connectivity index (χ0) is 16.6. The van der Waals surface area contributed by atoms with Crippen molar-refractivity contribution in [3.63, 3.8) is 0 Å². The van der Waals surface area contributed by atoms with E-state index in [1.54, 1.807) is 19.2 Å². The highest BCUT2D eigenvalue weighted by Gasteiger charge is 2.39. The molecule has 5 nitrogen and oxygen atoms in total. The van der Waals surface area contributed by atoms with E-state index in [9.17, 15) is 8.42 Å². The van der Waals surface area contributed by atoms with Gasteiger partial charge in [-0.15, -0.1) is 0 Å². The van der Waals surface area contributed by atoms with Gasteiger partial charge >= 0.3 is 0 Å². The van der Waals surface area contributed by atoms with Gasteiger partial charge in [-0.05, 0) is 61.5 Å². The van der Waals surface area contributed by atoms with Gasteiger partial charge in [0.1, 0.15) is 0 Å². The number of sulfonamides is 1. The third-order valence-corrected chi connectivity index (χ3v) is 6.45. The van der Waals surface area contributed by atoms with Crippen LogP contribution in [0.5, 0.6) is 0 Å². The van der Waals surface area contributed by atoms with Crippen LogP contribution in [-0.2, 0) is 10.0 Å². The SMILES string of the molecule is CN(c1cccc(NC(=S)N[C@H]2C[C@H]3CC[C@H]2C3)c1)S(C)(=O)=O. The van der Waals surface area contributed by atoms with Crippen LogP contribution in [0.2, 0.25) is 0 Å². The van der Waals surface area contributed by atoms with E-state index in [1.807, 2.05) is 12.1 Å². The number of fused-ring (bicyclic) bond motifs is 2. The molecule has 126 valence electrons. The maximum atomic E-state index is 11.6. The molecule has 2 saturated carbocycles. The van der Waals surface area contributed by atoms with E-state index in [4.69, 9.17) is 12.2 Å². The highest BCUT2D eigenvalue weighted by atomic mass is 32.2. The third-order valence-electron chi connectivity index (χ3n) is 5.02. The molecule has 0 unspecified atom stereocenters. The van der Waals surface area contributed by atoms with Crippen LogP contribution in [0.4, 0.5) is 11.4 Å². The fraction of sp³-hybridized carbons (Fsp3) is 0.562. The standard InChI is InChI=1S/C16H23N3O2S2/c1-19(23(2,20)21)14-5-3-4-13(10-14)17-16(22)18-15-9-11-6-7-12(15)8-11/h3-5,10-12,15H,6-9H2,1-2H3,(H2,17,18,22)/t11-,12-,15-/m0/s1. The normalized spacial score (nSPS) is 26.1. The van der Waals surface area contributed by atoms with Crippen molar-refractivity contribution in [2.45, 2.75) is 31.7 Å². The Bertz CT molecular complexity index is 705. The van der Waals surface area contributed by atoms with Crippen LogP contribution >= 0.6 is 12.2 Å². The van der Waals surface area contributed by atoms with Gasteiger partial charge in [-0.1, -0.05) is 12.5 Å². The fourth-order valence-electron chi connectivity index (χ4n) is 3.73. The topological polar surface area (TPSA) is 61.4 Å². The molecule has 0 aromatic heterocycles. The maximum Gasteiger partial charge on any atom is 0.231 e. The van der Waals surface area contributed by atoms with Crippen LogP contribution in [0.15, 0.2) is 24.3 Å². The van der Waals surface area contributed by atoms with Crippen molar-refractivity contribution in [1.82, 2.24) is 5.32 Å². The van der Waals surface area contributed by atoms with Crippen molar-refractivity contribution >= 4 is 38.7 Å². The number of thiocarbonyl (C=S) groups is 1. The highest BCUT2D eigenvalue weighted by molar-refractivity contribution is 7.92. The first-order chi connectivity index (χ1) is 10.8. The van der Waals surface area contributed by atoms with Crippen LogP contribution in [0.1, 0.15) is 25.7 Å². The highest BCUT2D eigenvalue weighted by Crippen LogP contribution is 2.44. The Morgan fingerprint density at radius 2 is 2.09 bits per heavy atom. The molecule has 3 atom stereocenters. The largest absolute Gasteiger partial charge is 0.359 e. The average Bonchev–Trinajstić information content (AvgIpc) is 3.08. The van der Waals surface area contributed by atoms with E-state index in [-0.39, 0.29) is 0 Å². The Morgan fingerprint density at radius 1 is 1.30 bits per heavy atom. The molecule has 0 heterocycles. The Labute approximate surface area is 143 Å². The van der Waals surface area contributed by atoms with E-state index >= 15 is 0 Å². The van der Waals surface area contributed by atoms with E-state index in [0.29, 0.717) is 16.8 Å². The van der Waals surface area contributed by atoms with Gasteiger partial charge in [0.2, 0.25) is 10.0 Å². The molecule has 2 bridgehead atoms. The van der Waals surface area contributed by atoms with E-state index < -0.39 is 10.0 Å². The molecular weight excluding hydrogens is 330 g/mol. The zero-order valence-electron chi connectivity index (χ0n) is 13.5. The van der Waals surface area contributed by atoms with Gasteiger partial charge in [0.25, 0.3) is 0 Å². The number of anilines is 2. The lowest BCUT2D eigenvalue weighted by Crippen LogP contribution is -2.40. The van der Waals surface area contributed by atoms with Crippen molar-refractivity contribution in [3.05, 3.63) is 24.3 Å². The average molecular weight is 354 g/mol. The zero-order valence-corrected chi connectivity index (χ0v) is 15.1. The second-order valence-corrected chi connectivity index (χ2v) is 9.08. The molecule has 0 amide bonds. The first-order valence-electron chi connectivity index (χ1n) is 7.94. The lowest BCUT2D eigenvalue weighted by Gasteiger charge is -2.25. The molecule has 2 fully saturated rings. The Morgan fingerprint density at radius 3 is 2.70 bits per heavy atom. The van der Waals surface area contributed by atoms with Crippen molar-refractivity contribution < 1.29 is 8.42 Å². The van der Waals surface area contributed by atoms with Crippen LogP contribution in [0.25, 0.3) is 0 Å². The number of nitrogens with zero attached hydrogens (tertiary/aromatic N) is 1. The summed E-state index contributed by atoms with van der Waals surface area (Å²) in [6.45, 7) is 0. The molecular formula is C16H23N3O2S2. The molecule has 0 saturated heterocycles. The van der Waals surface area contributed by atoms with Gasteiger partial charge in [-0.3, -0.25) is 4.31 Å². The van der Waals surface area contributed by atoms with Gasteiger partial charge in [0, 0.05) is 18.8 Å². The number of nitrogens with one attached hydrogen (secondary N) is 2. The van der Waals surface area contributed by atoms with Crippen LogP contribution in [0, 0.1) is 11.8 Å². The Hall–Kier alpha value is -1.34. The number of hydrogen-bond donors (Lipinski definition) is 2. The maximum absolute atomic E-state index is 11.6. The van der Waals surface area contributed by atoms with E-state index in [2.05, 4.69) is 10.6 Å². The van der Waals surface area contributed by atoms with E-state index in [0.717, 1.165) is 17.5 Å². The van der Waals surface area contributed by atoms with Crippen LogP contribution in [-0.4, -0.2) is 32.9 Å². The third kappa shape index (κ3) is 3.77. The molecule has 1 aromatic carbocycles. The molecule has 1 aromatic rings. The summed E-state index contributed by atoms with van der Waals surface area (Å²) in [5.41, 5.74) is 1.40. The molecule has 7 heteroatoms. The lowest BCUT2D eigenvalue weighted by molar-refractivity contribution is 0.392. The summed E-state index contributed by atoms with van der Waals surface area (Å²) in [5.74, 6) is 1.62. The number of rotatable bonds is 4. The van der Waals surface area contributed by atoms with Crippen molar-refractivity contribution in [3.8, 4) is 0 Å². The quantitative estimate of drug-likeness (QED) is 0.815. The monoisotopic (exact) mass is 353 g/mol.